The predicted octanol–water partition coefficient (Wildman–Crippen LogP) is 4.27. The van der Waals surface area contributed by atoms with Crippen LogP contribution in [0.25, 0.3) is 23.1 Å². The second-order valence-corrected chi connectivity index (χ2v) is 5.30. The van der Waals surface area contributed by atoms with Crippen molar-refractivity contribution in [2.75, 3.05) is 0 Å². The van der Waals surface area contributed by atoms with E-state index in [0.717, 1.165) is 24.3 Å². The van der Waals surface area contributed by atoms with Gasteiger partial charge in [-0.3, -0.25) is 4.79 Å². The molecule has 134 valence electrons. The van der Waals surface area contributed by atoms with Gasteiger partial charge in [-0.15, -0.1) is 13.2 Å². The largest absolute Gasteiger partial charge is 0.573 e. The fourth-order valence-corrected chi connectivity index (χ4v) is 2.31. The average molecular weight is 364 g/mol. The van der Waals surface area contributed by atoms with E-state index in [1.165, 1.54) is 30.4 Å². The van der Waals surface area contributed by atoms with Crippen LogP contribution in [0.2, 0.25) is 0 Å². The van der Waals surface area contributed by atoms with Gasteiger partial charge in [0.1, 0.15) is 34.0 Å². The van der Waals surface area contributed by atoms with Crippen molar-refractivity contribution in [1.29, 1.82) is 0 Å². The van der Waals surface area contributed by atoms with E-state index in [1.807, 2.05) is 0 Å². The van der Waals surface area contributed by atoms with Crippen LogP contribution in [0, 0.1) is 0 Å². The molecular formula is C18H11F3O5. The van der Waals surface area contributed by atoms with Gasteiger partial charge in [0.15, 0.2) is 5.43 Å². The van der Waals surface area contributed by atoms with Gasteiger partial charge in [0.2, 0.25) is 0 Å². The first-order valence-electron chi connectivity index (χ1n) is 7.25. The van der Waals surface area contributed by atoms with E-state index in [-0.39, 0.29) is 28.2 Å². The number of hydrogen-bond acceptors (Lipinski definition) is 5. The molecule has 0 radical (unpaired) electrons. The molecule has 3 aromatic rings. The summed E-state index contributed by atoms with van der Waals surface area (Å²) in [5.74, 6) is -0.870. The molecule has 2 N–H and O–H groups in total. The van der Waals surface area contributed by atoms with Crippen molar-refractivity contribution in [2.45, 2.75) is 6.36 Å². The molecule has 26 heavy (non-hydrogen) atoms. The summed E-state index contributed by atoms with van der Waals surface area (Å²) in [7, 11) is 0. The molecule has 1 aromatic heterocycles. The van der Waals surface area contributed by atoms with Crippen LogP contribution >= 0.6 is 0 Å². The molecule has 0 bridgehead atoms. The molecule has 0 aliphatic carbocycles. The Morgan fingerprint density at radius 3 is 2.35 bits per heavy atom. The maximum atomic E-state index is 12.1. The maximum absolute atomic E-state index is 12.1. The monoisotopic (exact) mass is 364 g/mol. The van der Waals surface area contributed by atoms with Crippen molar-refractivity contribution in [1.82, 2.24) is 0 Å². The van der Waals surface area contributed by atoms with Crippen molar-refractivity contribution in [2.24, 2.45) is 0 Å². The third-order valence-corrected chi connectivity index (χ3v) is 3.37. The van der Waals surface area contributed by atoms with E-state index in [9.17, 15) is 28.2 Å². The van der Waals surface area contributed by atoms with Gasteiger partial charge >= 0.3 is 6.36 Å². The Labute approximate surface area is 144 Å². The standard InChI is InChI=1S/C18H11F3O5/c19-18(20,21)26-12-4-1-10(2-5-12)3-6-13-9-15(24)17-14(23)7-11(22)8-16(17)25-13/h1-9,22-23H/b6-3+. The number of phenols is 2. The minimum Gasteiger partial charge on any atom is -0.508 e. The third-order valence-electron chi connectivity index (χ3n) is 3.37. The van der Waals surface area contributed by atoms with Crippen LogP contribution in [0.1, 0.15) is 11.3 Å². The first kappa shape index (κ1) is 17.4. The van der Waals surface area contributed by atoms with Gasteiger partial charge in [-0.1, -0.05) is 18.2 Å². The zero-order chi connectivity index (χ0) is 18.9. The smallest absolute Gasteiger partial charge is 0.508 e. The van der Waals surface area contributed by atoms with Gasteiger partial charge in [-0.05, 0) is 23.8 Å². The van der Waals surface area contributed by atoms with E-state index >= 15 is 0 Å². The molecule has 0 aliphatic rings. The number of rotatable bonds is 3. The highest BCUT2D eigenvalue weighted by atomic mass is 19.4. The summed E-state index contributed by atoms with van der Waals surface area (Å²) < 4.78 is 45.6. The van der Waals surface area contributed by atoms with Crippen LogP contribution in [-0.4, -0.2) is 16.6 Å². The normalized spacial score (nSPS) is 12.0. The lowest BCUT2D eigenvalue weighted by molar-refractivity contribution is -0.274. The molecule has 0 unspecified atom stereocenters. The van der Waals surface area contributed by atoms with Gasteiger partial charge in [0.25, 0.3) is 0 Å². The number of halogens is 3. The number of alkyl halides is 3. The summed E-state index contributed by atoms with van der Waals surface area (Å²) in [5.41, 5.74) is 0.0435. The number of hydrogen-bond donors (Lipinski definition) is 2. The summed E-state index contributed by atoms with van der Waals surface area (Å²) in [6, 6.07) is 8.47. The zero-order valence-electron chi connectivity index (χ0n) is 12.9. The van der Waals surface area contributed by atoms with Gasteiger partial charge in [-0.25, -0.2) is 0 Å². The first-order chi connectivity index (χ1) is 12.2. The van der Waals surface area contributed by atoms with Crippen LogP contribution in [0.5, 0.6) is 17.2 Å². The van der Waals surface area contributed by atoms with Gasteiger partial charge < -0.3 is 19.4 Å². The SMILES string of the molecule is O=c1cc(/C=C/c2ccc(OC(F)(F)F)cc2)oc2cc(O)cc(O)c12. The minimum atomic E-state index is -4.76. The second kappa shape index (κ2) is 6.47. The number of ether oxygens (including phenoxy) is 1. The summed E-state index contributed by atoms with van der Waals surface area (Å²) in [4.78, 5) is 12.1. The van der Waals surface area contributed by atoms with E-state index in [4.69, 9.17) is 4.42 Å². The van der Waals surface area contributed by atoms with Gasteiger partial charge in [0, 0.05) is 18.2 Å². The van der Waals surface area contributed by atoms with E-state index in [2.05, 4.69) is 4.74 Å². The molecule has 8 heteroatoms. The predicted molar refractivity (Wildman–Crippen MR) is 87.9 cm³/mol. The molecule has 5 nitrogen and oxygen atoms in total. The van der Waals surface area contributed by atoms with Crippen molar-refractivity contribution in [3.05, 3.63) is 64.0 Å². The van der Waals surface area contributed by atoms with Crippen molar-refractivity contribution >= 4 is 23.1 Å². The quantitative estimate of drug-likeness (QED) is 0.725. The lowest BCUT2D eigenvalue weighted by Crippen LogP contribution is -2.16. The minimum absolute atomic E-state index is 0.00331. The fourth-order valence-electron chi connectivity index (χ4n) is 2.31. The Kier molecular flexibility index (Phi) is 4.33. The molecule has 3 rings (SSSR count). The molecule has 0 aliphatic heterocycles. The summed E-state index contributed by atoms with van der Waals surface area (Å²) in [6.45, 7) is 0. The second-order valence-electron chi connectivity index (χ2n) is 5.30. The lowest BCUT2D eigenvalue weighted by atomic mass is 10.1. The topological polar surface area (TPSA) is 79.9 Å². The van der Waals surface area contributed by atoms with Crippen LogP contribution in [0.3, 0.4) is 0 Å². The lowest BCUT2D eigenvalue weighted by Gasteiger charge is -2.08. The highest BCUT2D eigenvalue weighted by Gasteiger charge is 2.30. The molecule has 0 spiro atoms. The summed E-state index contributed by atoms with van der Waals surface area (Å²) in [6.07, 6.45) is -1.81. The number of fused-ring (bicyclic) bond motifs is 1. The summed E-state index contributed by atoms with van der Waals surface area (Å²) >= 11 is 0. The Balaban J connectivity index is 1.88. The Bertz CT molecular complexity index is 1030. The molecule has 0 saturated heterocycles. The fraction of sp³-hybridized carbons (Fsp3) is 0.0556. The van der Waals surface area contributed by atoms with Gasteiger partial charge in [0.05, 0.1) is 0 Å². The molecule has 0 atom stereocenters. The van der Waals surface area contributed by atoms with Crippen molar-refractivity contribution < 1.29 is 32.5 Å². The molecule has 0 amide bonds. The van der Waals surface area contributed by atoms with E-state index < -0.39 is 17.5 Å². The molecule has 0 saturated carbocycles. The summed E-state index contributed by atoms with van der Waals surface area (Å²) in [5, 5.41) is 19.1. The number of benzene rings is 2. The molecule has 2 aromatic carbocycles. The maximum Gasteiger partial charge on any atom is 0.573 e. The van der Waals surface area contributed by atoms with Crippen molar-refractivity contribution in [3.63, 3.8) is 0 Å². The van der Waals surface area contributed by atoms with Crippen LogP contribution in [0.4, 0.5) is 13.2 Å². The Morgan fingerprint density at radius 2 is 1.69 bits per heavy atom. The van der Waals surface area contributed by atoms with Crippen molar-refractivity contribution in [3.8, 4) is 17.2 Å². The number of aromatic hydroxyl groups is 2. The Hall–Kier alpha value is -3.42. The number of phenolic OH excluding ortho intramolecular Hbond substituents is 2. The molecule has 0 fully saturated rings. The molecule has 1 heterocycles. The van der Waals surface area contributed by atoms with E-state index in [1.54, 1.807) is 0 Å². The Morgan fingerprint density at radius 1 is 1.00 bits per heavy atom. The van der Waals surface area contributed by atoms with Crippen LogP contribution < -0.4 is 10.2 Å². The van der Waals surface area contributed by atoms with Crippen LogP contribution in [0.15, 0.2) is 51.7 Å². The highest BCUT2D eigenvalue weighted by molar-refractivity contribution is 5.85. The zero-order valence-corrected chi connectivity index (χ0v) is 12.9. The first-order valence-corrected chi connectivity index (χ1v) is 7.25. The van der Waals surface area contributed by atoms with Crippen LogP contribution in [-0.2, 0) is 0 Å². The third kappa shape index (κ3) is 3.97. The highest BCUT2D eigenvalue weighted by Crippen LogP contribution is 2.28. The van der Waals surface area contributed by atoms with E-state index in [0.29, 0.717) is 5.56 Å². The van der Waals surface area contributed by atoms with Gasteiger partial charge in [-0.2, -0.15) is 0 Å². The molecular weight excluding hydrogens is 353 g/mol. The average Bonchev–Trinajstić information content (AvgIpc) is 2.51.